The Labute approximate surface area is 135 Å². The lowest BCUT2D eigenvalue weighted by atomic mass is 9.81. The molecule has 0 N–H and O–H groups in total. The first-order valence-corrected chi connectivity index (χ1v) is 7.99. The molecule has 4 rings (SSSR count). The molecule has 4 nitrogen and oxygen atoms in total. The molecule has 3 aliphatic rings. The second kappa shape index (κ2) is 5.21. The standard InChI is InChI=1S/C19H18O4/c1-3-4-10-5-6-11(14(9-10)22-2)15-18(20)16-12-7-8-13(23-12)17(16)19(15)21/h5-6,9,12-13,15-17H,7-8H2,1-2H3/t12?,13?,15?,16-,17?/m1/s1. The molecule has 0 aromatic heterocycles. The number of hydrogen-bond acceptors (Lipinski definition) is 4. The van der Waals surface area contributed by atoms with Crippen LogP contribution in [-0.4, -0.2) is 30.9 Å². The zero-order valence-electron chi connectivity index (χ0n) is 13.2. The largest absolute Gasteiger partial charge is 0.496 e. The van der Waals surface area contributed by atoms with E-state index in [0.29, 0.717) is 11.3 Å². The van der Waals surface area contributed by atoms with Gasteiger partial charge in [0.15, 0.2) is 11.6 Å². The molecule has 0 radical (unpaired) electrons. The van der Waals surface area contributed by atoms with Crippen LogP contribution in [0.4, 0.5) is 0 Å². The Morgan fingerprint density at radius 3 is 2.35 bits per heavy atom. The summed E-state index contributed by atoms with van der Waals surface area (Å²) in [5.74, 6) is 5.14. The van der Waals surface area contributed by atoms with Crippen molar-refractivity contribution < 1.29 is 19.1 Å². The molecule has 1 aromatic carbocycles. The lowest BCUT2D eigenvalue weighted by Crippen LogP contribution is -2.29. The first-order valence-electron chi connectivity index (χ1n) is 7.99. The molecular weight excluding hydrogens is 292 g/mol. The van der Waals surface area contributed by atoms with Gasteiger partial charge in [0, 0.05) is 11.1 Å². The van der Waals surface area contributed by atoms with E-state index in [9.17, 15) is 9.59 Å². The van der Waals surface area contributed by atoms with Gasteiger partial charge in [-0.1, -0.05) is 12.0 Å². The maximum Gasteiger partial charge on any atom is 0.154 e. The Kier molecular flexibility index (Phi) is 3.28. The molecule has 4 unspecified atom stereocenters. The Balaban J connectivity index is 1.75. The molecule has 2 bridgehead atoms. The molecule has 4 heteroatoms. The van der Waals surface area contributed by atoms with Crippen molar-refractivity contribution in [2.45, 2.75) is 37.9 Å². The first-order chi connectivity index (χ1) is 11.2. The van der Waals surface area contributed by atoms with Crippen LogP contribution in [0.15, 0.2) is 18.2 Å². The summed E-state index contributed by atoms with van der Waals surface area (Å²) in [6.07, 6.45) is 1.64. The van der Waals surface area contributed by atoms with E-state index in [2.05, 4.69) is 11.8 Å². The van der Waals surface area contributed by atoms with Crippen LogP contribution in [0.2, 0.25) is 0 Å². The smallest absolute Gasteiger partial charge is 0.154 e. The van der Waals surface area contributed by atoms with Crippen molar-refractivity contribution in [2.75, 3.05) is 7.11 Å². The van der Waals surface area contributed by atoms with Crippen LogP contribution >= 0.6 is 0 Å². The molecule has 2 heterocycles. The van der Waals surface area contributed by atoms with Crippen LogP contribution in [0.1, 0.15) is 36.8 Å². The normalized spacial score (nSPS) is 34.3. The van der Waals surface area contributed by atoms with Gasteiger partial charge in [0.25, 0.3) is 0 Å². The van der Waals surface area contributed by atoms with E-state index in [4.69, 9.17) is 9.47 Å². The maximum absolute atomic E-state index is 12.9. The van der Waals surface area contributed by atoms with Crippen LogP contribution in [0.25, 0.3) is 0 Å². The molecule has 1 saturated carbocycles. The second-order valence-electron chi connectivity index (χ2n) is 6.41. The highest BCUT2D eigenvalue weighted by molar-refractivity contribution is 6.17. The molecule has 2 saturated heterocycles. The van der Waals surface area contributed by atoms with Crippen molar-refractivity contribution in [1.82, 2.24) is 0 Å². The van der Waals surface area contributed by atoms with Gasteiger partial charge in [-0.25, -0.2) is 0 Å². The van der Waals surface area contributed by atoms with Crippen molar-refractivity contribution in [3.63, 3.8) is 0 Å². The Bertz CT molecular complexity index is 726. The summed E-state index contributed by atoms with van der Waals surface area (Å²) in [7, 11) is 1.56. The lowest BCUT2D eigenvalue weighted by Gasteiger charge is -2.16. The van der Waals surface area contributed by atoms with E-state index in [1.54, 1.807) is 20.1 Å². The number of ether oxygens (including phenoxy) is 2. The fourth-order valence-corrected chi connectivity index (χ4v) is 4.40. The number of benzene rings is 1. The van der Waals surface area contributed by atoms with Gasteiger partial charge in [0.05, 0.1) is 31.2 Å². The third-order valence-corrected chi connectivity index (χ3v) is 5.31. The van der Waals surface area contributed by atoms with Gasteiger partial charge in [0.2, 0.25) is 0 Å². The van der Waals surface area contributed by atoms with E-state index in [1.807, 2.05) is 12.1 Å². The predicted molar refractivity (Wildman–Crippen MR) is 83.2 cm³/mol. The van der Waals surface area contributed by atoms with Gasteiger partial charge >= 0.3 is 0 Å². The minimum atomic E-state index is -0.712. The molecule has 23 heavy (non-hydrogen) atoms. The minimum Gasteiger partial charge on any atom is -0.496 e. The fourth-order valence-electron chi connectivity index (χ4n) is 4.40. The quantitative estimate of drug-likeness (QED) is 0.620. The van der Waals surface area contributed by atoms with Gasteiger partial charge in [-0.15, -0.1) is 5.92 Å². The number of fused-ring (bicyclic) bond motifs is 5. The third kappa shape index (κ3) is 1.96. The molecular formula is C19H18O4. The summed E-state index contributed by atoms with van der Waals surface area (Å²) in [5, 5.41) is 0. The molecule has 1 aliphatic carbocycles. The topological polar surface area (TPSA) is 52.6 Å². The highest BCUT2D eigenvalue weighted by Crippen LogP contribution is 2.53. The van der Waals surface area contributed by atoms with Crippen molar-refractivity contribution >= 4 is 11.6 Å². The molecule has 1 aromatic rings. The fraction of sp³-hybridized carbons (Fsp3) is 0.474. The zero-order valence-corrected chi connectivity index (χ0v) is 13.2. The first kappa shape index (κ1) is 14.5. The molecule has 2 aliphatic heterocycles. The molecule has 3 fully saturated rings. The summed E-state index contributed by atoms with van der Waals surface area (Å²) >= 11 is 0. The summed E-state index contributed by atoms with van der Waals surface area (Å²) in [4.78, 5) is 25.8. The average molecular weight is 310 g/mol. The van der Waals surface area contributed by atoms with Gasteiger partial charge < -0.3 is 9.47 Å². The summed E-state index contributed by atoms with van der Waals surface area (Å²) < 4.78 is 11.2. The molecule has 5 atom stereocenters. The summed E-state index contributed by atoms with van der Waals surface area (Å²) in [6, 6.07) is 5.45. The van der Waals surface area contributed by atoms with E-state index in [-0.39, 0.29) is 35.6 Å². The van der Waals surface area contributed by atoms with Gasteiger partial charge in [-0.2, -0.15) is 0 Å². The number of rotatable bonds is 2. The molecule has 118 valence electrons. The Morgan fingerprint density at radius 2 is 1.78 bits per heavy atom. The van der Waals surface area contributed by atoms with Crippen LogP contribution in [0.3, 0.4) is 0 Å². The summed E-state index contributed by atoms with van der Waals surface area (Å²) in [5.41, 5.74) is 1.48. The number of carbonyl (C=O) groups excluding carboxylic acids is 2. The van der Waals surface area contributed by atoms with Crippen molar-refractivity contribution in [2.24, 2.45) is 11.8 Å². The van der Waals surface area contributed by atoms with Crippen LogP contribution in [0, 0.1) is 23.7 Å². The Hall–Kier alpha value is -2.12. The molecule has 0 amide bonds. The minimum absolute atomic E-state index is 0.000161. The van der Waals surface area contributed by atoms with E-state index < -0.39 is 5.92 Å². The second-order valence-corrected chi connectivity index (χ2v) is 6.41. The number of ketones is 2. The molecule has 0 spiro atoms. The Morgan fingerprint density at radius 1 is 1.13 bits per heavy atom. The average Bonchev–Trinajstić information content (AvgIpc) is 3.22. The number of carbonyl (C=O) groups is 2. The predicted octanol–water partition coefficient (Wildman–Crippen LogP) is 2.10. The van der Waals surface area contributed by atoms with Crippen LogP contribution in [0.5, 0.6) is 5.75 Å². The SMILES string of the molecule is CC#Cc1ccc(C2C(=O)C3C4CCC(O4)[C@H]3C2=O)c(OC)c1. The highest BCUT2D eigenvalue weighted by atomic mass is 16.5. The monoisotopic (exact) mass is 310 g/mol. The van der Waals surface area contributed by atoms with Crippen molar-refractivity contribution in [3.8, 4) is 17.6 Å². The van der Waals surface area contributed by atoms with Crippen LogP contribution in [-0.2, 0) is 14.3 Å². The van der Waals surface area contributed by atoms with Crippen LogP contribution < -0.4 is 4.74 Å². The van der Waals surface area contributed by atoms with E-state index in [0.717, 1.165) is 18.4 Å². The van der Waals surface area contributed by atoms with Gasteiger partial charge in [-0.3, -0.25) is 9.59 Å². The van der Waals surface area contributed by atoms with E-state index >= 15 is 0 Å². The van der Waals surface area contributed by atoms with Gasteiger partial charge in [-0.05, 0) is 31.9 Å². The number of Topliss-reactive ketones (excluding diaryl/α,β-unsaturated/α-hetero) is 2. The van der Waals surface area contributed by atoms with Crippen molar-refractivity contribution in [1.29, 1.82) is 0 Å². The highest BCUT2D eigenvalue weighted by Gasteiger charge is 2.63. The summed E-state index contributed by atoms with van der Waals surface area (Å²) in [6.45, 7) is 1.77. The number of hydrogen-bond donors (Lipinski definition) is 0. The van der Waals surface area contributed by atoms with E-state index in [1.165, 1.54) is 0 Å². The third-order valence-electron chi connectivity index (χ3n) is 5.31. The van der Waals surface area contributed by atoms with Crippen molar-refractivity contribution in [3.05, 3.63) is 29.3 Å². The zero-order chi connectivity index (χ0) is 16.1. The van der Waals surface area contributed by atoms with Gasteiger partial charge in [0.1, 0.15) is 11.7 Å². The number of methoxy groups -OCH3 is 1. The lowest BCUT2D eigenvalue weighted by molar-refractivity contribution is -0.127. The maximum atomic E-state index is 12.9.